The Bertz CT molecular complexity index is 792. The molecule has 1 unspecified atom stereocenters. The smallest absolute Gasteiger partial charge is 0.352 e. The lowest BCUT2D eigenvalue weighted by Crippen LogP contribution is -2.21. The fourth-order valence-corrected chi connectivity index (χ4v) is 3.42. The number of carbonyl (C=O) groups is 2. The molecule has 1 aliphatic heterocycles. The van der Waals surface area contributed by atoms with E-state index in [2.05, 4.69) is 0 Å². The van der Waals surface area contributed by atoms with Crippen LogP contribution in [0.25, 0.3) is 0 Å². The van der Waals surface area contributed by atoms with Crippen LogP contribution in [0.3, 0.4) is 0 Å². The number of esters is 2. The van der Waals surface area contributed by atoms with Crippen molar-refractivity contribution >= 4 is 35.1 Å². The molecular weight excluding hydrogens is 365 g/mol. The second kappa shape index (κ2) is 7.50. The number of halogens is 2. The zero-order valence-corrected chi connectivity index (χ0v) is 15.1. The van der Waals surface area contributed by atoms with Crippen molar-refractivity contribution < 1.29 is 19.1 Å². The number of methoxy groups -OCH3 is 1. The van der Waals surface area contributed by atoms with Gasteiger partial charge in [-0.1, -0.05) is 29.3 Å². The van der Waals surface area contributed by atoms with Gasteiger partial charge in [-0.05, 0) is 37.5 Å². The summed E-state index contributed by atoms with van der Waals surface area (Å²) in [5.74, 6) is -1.30. The number of fused-ring (bicyclic) bond motifs is 1. The van der Waals surface area contributed by atoms with E-state index in [1.165, 1.54) is 13.2 Å². The lowest BCUT2D eigenvalue weighted by molar-refractivity contribution is -0.151. The van der Waals surface area contributed by atoms with E-state index >= 15 is 0 Å². The van der Waals surface area contributed by atoms with Crippen LogP contribution in [0.4, 0.5) is 0 Å². The van der Waals surface area contributed by atoms with Gasteiger partial charge in [0.2, 0.25) is 6.10 Å². The van der Waals surface area contributed by atoms with Gasteiger partial charge in [-0.3, -0.25) is 0 Å². The van der Waals surface area contributed by atoms with Crippen LogP contribution in [-0.4, -0.2) is 23.6 Å². The molecule has 0 aliphatic carbocycles. The molecular formula is C18H17Cl2NO4. The van der Waals surface area contributed by atoms with Crippen LogP contribution >= 0.6 is 23.2 Å². The third-order valence-corrected chi connectivity index (χ3v) is 4.75. The molecule has 0 saturated heterocycles. The third kappa shape index (κ3) is 3.83. The summed E-state index contributed by atoms with van der Waals surface area (Å²) in [6.07, 6.45) is 3.62. The SMILES string of the molecule is COC(=O)C(OC(=O)c1cc2n(c1)CCCC2)c1ccc(Cl)cc1Cl. The number of aromatic nitrogens is 1. The molecule has 0 fully saturated rings. The predicted octanol–water partition coefficient (Wildman–Crippen LogP) is 4.20. The maximum Gasteiger partial charge on any atom is 0.352 e. The Labute approximate surface area is 155 Å². The molecule has 1 aromatic carbocycles. The van der Waals surface area contributed by atoms with Crippen LogP contribution in [0.5, 0.6) is 0 Å². The summed E-state index contributed by atoms with van der Waals surface area (Å²) in [6, 6.07) is 6.41. The quantitative estimate of drug-likeness (QED) is 0.744. The minimum Gasteiger partial charge on any atom is -0.466 e. The molecule has 0 spiro atoms. The first-order valence-corrected chi connectivity index (χ1v) is 8.68. The number of aryl methyl sites for hydroxylation is 2. The van der Waals surface area contributed by atoms with Gasteiger partial charge < -0.3 is 14.0 Å². The van der Waals surface area contributed by atoms with Gasteiger partial charge in [0.05, 0.1) is 12.7 Å². The Morgan fingerprint density at radius 3 is 2.68 bits per heavy atom. The van der Waals surface area contributed by atoms with Gasteiger partial charge in [0.25, 0.3) is 0 Å². The fraction of sp³-hybridized carbons (Fsp3) is 0.333. The van der Waals surface area contributed by atoms with E-state index in [0.717, 1.165) is 31.5 Å². The van der Waals surface area contributed by atoms with Crippen LogP contribution in [-0.2, 0) is 27.2 Å². The number of hydrogen-bond donors (Lipinski definition) is 0. The Balaban J connectivity index is 1.86. The number of benzene rings is 1. The normalized spacial score (nSPS) is 14.5. The highest BCUT2D eigenvalue weighted by atomic mass is 35.5. The minimum atomic E-state index is -1.25. The number of ether oxygens (including phenoxy) is 2. The number of hydrogen-bond acceptors (Lipinski definition) is 4. The summed E-state index contributed by atoms with van der Waals surface area (Å²) in [5, 5.41) is 0.649. The summed E-state index contributed by atoms with van der Waals surface area (Å²) >= 11 is 12.0. The zero-order chi connectivity index (χ0) is 18.0. The lowest BCUT2D eigenvalue weighted by Gasteiger charge is -2.17. The Morgan fingerprint density at radius 1 is 1.20 bits per heavy atom. The largest absolute Gasteiger partial charge is 0.466 e. The van der Waals surface area contributed by atoms with Gasteiger partial charge in [0, 0.05) is 34.0 Å². The Hall–Kier alpha value is -1.98. The van der Waals surface area contributed by atoms with Crippen molar-refractivity contribution in [3.63, 3.8) is 0 Å². The average Bonchev–Trinajstić information content (AvgIpc) is 3.03. The minimum absolute atomic E-state index is 0.229. The fourth-order valence-electron chi connectivity index (χ4n) is 2.91. The highest BCUT2D eigenvalue weighted by Gasteiger charge is 2.29. The molecule has 2 heterocycles. The first kappa shape index (κ1) is 17.8. The van der Waals surface area contributed by atoms with Gasteiger partial charge in [-0.2, -0.15) is 0 Å². The van der Waals surface area contributed by atoms with E-state index in [4.69, 9.17) is 32.7 Å². The zero-order valence-electron chi connectivity index (χ0n) is 13.6. The van der Waals surface area contributed by atoms with Crippen LogP contribution in [0.1, 0.15) is 40.6 Å². The van der Waals surface area contributed by atoms with Crippen LogP contribution in [0.15, 0.2) is 30.5 Å². The molecule has 0 amide bonds. The molecule has 0 N–H and O–H groups in total. The standard InChI is InChI=1S/C18H17Cl2NO4/c1-24-18(23)16(14-6-5-12(19)9-15(14)20)25-17(22)11-8-13-4-2-3-7-21(13)10-11/h5-6,8-10,16H,2-4,7H2,1H3. The van der Waals surface area contributed by atoms with Crippen LogP contribution in [0, 0.1) is 0 Å². The van der Waals surface area contributed by atoms with E-state index in [1.54, 1.807) is 24.4 Å². The lowest BCUT2D eigenvalue weighted by atomic mass is 10.1. The molecule has 7 heteroatoms. The molecule has 1 aromatic heterocycles. The molecule has 2 aromatic rings. The molecule has 0 radical (unpaired) electrons. The molecule has 0 bridgehead atoms. The highest BCUT2D eigenvalue weighted by molar-refractivity contribution is 6.35. The van der Waals surface area contributed by atoms with Gasteiger partial charge in [0.15, 0.2) is 0 Å². The number of nitrogens with zero attached hydrogens (tertiary/aromatic N) is 1. The summed E-state index contributed by atoms with van der Waals surface area (Å²) in [5.41, 5.74) is 1.84. The molecule has 1 aliphatic rings. The molecule has 1 atom stereocenters. The summed E-state index contributed by atoms with van der Waals surface area (Å²) in [4.78, 5) is 24.6. The first-order valence-electron chi connectivity index (χ1n) is 7.92. The predicted molar refractivity (Wildman–Crippen MR) is 94.0 cm³/mol. The molecule has 25 heavy (non-hydrogen) atoms. The summed E-state index contributed by atoms with van der Waals surface area (Å²) in [6.45, 7) is 0.881. The van der Waals surface area contributed by atoms with Crippen molar-refractivity contribution in [1.29, 1.82) is 0 Å². The third-order valence-electron chi connectivity index (χ3n) is 4.19. The van der Waals surface area contributed by atoms with E-state index in [9.17, 15) is 9.59 Å². The molecule has 3 rings (SSSR count). The first-order chi connectivity index (χ1) is 12.0. The topological polar surface area (TPSA) is 57.5 Å². The van der Waals surface area contributed by atoms with Crippen molar-refractivity contribution in [3.8, 4) is 0 Å². The van der Waals surface area contributed by atoms with Gasteiger partial charge in [-0.25, -0.2) is 9.59 Å². The van der Waals surface area contributed by atoms with Gasteiger partial charge >= 0.3 is 11.9 Å². The van der Waals surface area contributed by atoms with Crippen molar-refractivity contribution in [1.82, 2.24) is 4.57 Å². The van der Waals surface area contributed by atoms with Crippen molar-refractivity contribution in [3.05, 3.63) is 57.3 Å². The Kier molecular flexibility index (Phi) is 5.35. The Morgan fingerprint density at radius 2 is 2.00 bits per heavy atom. The van der Waals surface area contributed by atoms with E-state index in [1.807, 2.05) is 4.57 Å². The van der Waals surface area contributed by atoms with Crippen molar-refractivity contribution in [2.24, 2.45) is 0 Å². The number of rotatable bonds is 4. The van der Waals surface area contributed by atoms with E-state index in [-0.39, 0.29) is 5.02 Å². The maximum atomic E-state index is 12.5. The molecule has 0 saturated carbocycles. The van der Waals surface area contributed by atoms with Crippen molar-refractivity contribution in [2.45, 2.75) is 31.9 Å². The average molecular weight is 382 g/mol. The van der Waals surface area contributed by atoms with Gasteiger partial charge in [0.1, 0.15) is 0 Å². The van der Waals surface area contributed by atoms with E-state index in [0.29, 0.717) is 16.1 Å². The van der Waals surface area contributed by atoms with Crippen LogP contribution in [0.2, 0.25) is 10.0 Å². The van der Waals surface area contributed by atoms with E-state index < -0.39 is 18.0 Å². The summed E-state index contributed by atoms with van der Waals surface area (Å²) < 4.78 is 12.2. The summed E-state index contributed by atoms with van der Waals surface area (Å²) in [7, 11) is 1.23. The van der Waals surface area contributed by atoms with Crippen LogP contribution < -0.4 is 0 Å². The second-order valence-corrected chi connectivity index (χ2v) is 6.69. The monoisotopic (exact) mass is 381 g/mol. The molecule has 5 nitrogen and oxygen atoms in total. The maximum absolute atomic E-state index is 12.5. The second-order valence-electron chi connectivity index (χ2n) is 5.84. The highest BCUT2D eigenvalue weighted by Crippen LogP contribution is 2.30. The van der Waals surface area contributed by atoms with Gasteiger partial charge in [-0.15, -0.1) is 0 Å². The molecule has 132 valence electrons. The van der Waals surface area contributed by atoms with Crippen molar-refractivity contribution in [2.75, 3.05) is 7.11 Å². The number of carbonyl (C=O) groups excluding carboxylic acids is 2.